The number of Topliss-reactive ketones (excluding diaryl/α,β-unsaturated/α-hetero) is 1. The van der Waals surface area contributed by atoms with Gasteiger partial charge in [0.15, 0.2) is 5.78 Å². The molecule has 0 saturated carbocycles. The fourth-order valence-corrected chi connectivity index (χ4v) is 2.51. The van der Waals surface area contributed by atoms with Gasteiger partial charge in [0, 0.05) is 18.9 Å². The molecule has 0 spiro atoms. The number of ether oxygens (including phenoxy) is 2. The van der Waals surface area contributed by atoms with Gasteiger partial charge in [-0.15, -0.1) is 0 Å². The van der Waals surface area contributed by atoms with Gasteiger partial charge in [-0.1, -0.05) is 24.3 Å². The van der Waals surface area contributed by atoms with Crippen molar-refractivity contribution in [3.8, 4) is 11.5 Å². The zero-order valence-corrected chi connectivity index (χ0v) is 14.6. The molecule has 26 heavy (non-hydrogen) atoms. The highest BCUT2D eigenvalue weighted by molar-refractivity contribution is 5.97. The van der Waals surface area contributed by atoms with Crippen LogP contribution in [0.4, 0.5) is 0 Å². The fraction of sp³-hybridized carbons (Fsp3) is 0.368. The van der Waals surface area contributed by atoms with Gasteiger partial charge in [0.2, 0.25) is 0 Å². The molecule has 1 aromatic rings. The lowest BCUT2D eigenvalue weighted by atomic mass is 10.0. The average molecular weight is 362 g/mol. The van der Waals surface area contributed by atoms with Crippen LogP contribution in [-0.4, -0.2) is 52.5 Å². The van der Waals surface area contributed by atoms with Crippen LogP contribution in [0.2, 0.25) is 0 Å². The average Bonchev–Trinajstić information content (AvgIpc) is 2.59. The van der Waals surface area contributed by atoms with Crippen LogP contribution >= 0.6 is 0 Å². The molecule has 0 saturated heterocycles. The van der Waals surface area contributed by atoms with Crippen molar-refractivity contribution in [2.75, 3.05) is 7.11 Å². The molecule has 140 valence electrons. The van der Waals surface area contributed by atoms with Gasteiger partial charge in [0.1, 0.15) is 35.4 Å². The summed E-state index contributed by atoms with van der Waals surface area (Å²) in [5.41, 5.74) is 0.275. The van der Waals surface area contributed by atoms with Crippen molar-refractivity contribution in [3.63, 3.8) is 0 Å². The SMILES string of the molecule is COc1cc(O)c2c(c1)/C=C/CC(=O)[C@H](O)C(O)/C=C\C[C@H](C)OC2=O. The molecule has 2 rings (SSSR count). The summed E-state index contributed by atoms with van der Waals surface area (Å²) in [4.78, 5) is 24.4. The van der Waals surface area contributed by atoms with Crippen molar-refractivity contribution in [3.05, 3.63) is 41.5 Å². The highest BCUT2D eigenvalue weighted by Gasteiger charge is 2.23. The Hall–Kier alpha value is -2.64. The second-order valence-corrected chi connectivity index (χ2v) is 6.00. The second kappa shape index (κ2) is 8.64. The number of aliphatic hydroxyl groups excluding tert-OH is 2. The molecule has 7 heteroatoms. The van der Waals surface area contributed by atoms with Crippen molar-refractivity contribution < 1.29 is 34.4 Å². The monoisotopic (exact) mass is 362 g/mol. The largest absolute Gasteiger partial charge is 0.507 e. The molecule has 1 aliphatic rings. The summed E-state index contributed by atoms with van der Waals surface area (Å²) >= 11 is 0. The van der Waals surface area contributed by atoms with Crippen molar-refractivity contribution in [2.45, 2.75) is 38.1 Å². The van der Waals surface area contributed by atoms with E-state index in [-0.39, 0.29) is 24.2 Å². The van der Waals surface area contributed by atoms with E-state index in [1.807, 2.05) is 0 Å². The maximum absolute atomic E-state index is 12.4. The van der Waals surface area contributed by atoms with Gasteiger partial charge < -0.3 is 24.8 Å². The summed E-state index contributed by atoms with van der Waals surface area (Å²) < 4.78 is 10.4. The number of carbonyl (C=O) groups is 2. The smallest absolute Gasteiger partial charge is 0.342 e. The normalized spacial score (nSPS) is 27.0. The molecule has 0 aromatic heterocycles. The van der Waals surface area contributed by atoms with Gasteiger partial charge in [-0.3, -0.25) is 4.79 Å². The van der Waals surface area contributed by atoms with E-state index in [0.717, 1.165) is 0 Å². The summed E-state index contributed by atoms with van der Waals surface area (Å²) in [5.74, 6) is -1.25. The number of esters is 1. The summed E-state index contributed by atoms with van der Waals surface area (Å²) in [6, 6.07) is 2.83. The van der Waals surface area contributed by atoms with Crippen molar-refractivity contribution in [1.82, 2.24) is 0 Å². The van der Waals surface area contributed by atoms with Crippen LogP contribution in [0.25, 0.3) is 6.08 Å². The number of methoxy groups -OCH3 is 1. The molecule has 0 aliphatic carbocycles. The summed E-state index contributed by atoms with van der Waals surface area (Å²) in [5, 5.41) is 29.9. The number of phenolic OH excluding ortho intramolecular Hbond substituents is 1. The third-order valence-electron chi connectivity index (χ3n) is 3.94. The predicted octanol–water partition coefficient (Wildman–Crippen LogP) is 1.60. The Balaban J connectivity index is 2.45. The van der Waals surface area contributed by atoms with E-state index >= 15 is 0 Å². The van der Waals surface area contributed by atoms with E-state index in [2.05, 4.69) is 0 Å². The molecule has 1 heterocycles. The first-order valence-electron chi connectivity index (χ1n) is 8.17. The number of hydrogen-bond donors (Lipinski definition) is 3. The van der Waals surface area contributed by atoms with Crippen LogP contribution in [0.3, 0.4) is 0 Å². The number of carbonyl (C=O) groups excluding carboxylic acids is 2. The number of phenols is 1. The molecule has 3 N–H and O–H groups in total. The quantitative estimate of drug-likeness (QED) is 0.514. The number of hydrogen-bond acceptors (Lipinski definition) is 7. The molecule has 7 nitrogen and oxygen atoms in total. The number of rotatable bonds is 1. The molecule has 0 bridgehead atoms. The number of benzene rings is 1. The van der Waals surface area contributed by atoms with E-state index in [1.54, 1.807) is 6.92 Å². The minimum atomic E-state index is -1.55. The Bertz CT molecular complexity index is 736. The number of cyclic esters (lactones) is 1. The van der Waals surface area contributed by atoms with Crippen molar-refractivity contribution in [1.29, 1.82) is 0 Å². The van der Waals surface area contributed by atoms with Crippen LogP contribution in [0.15, 0.2) is 30.4 Å². The Morgan fingerprint density at radius 2 is 1.92 bits per heavy atom. The van der Waals surface area contributed by atoms with Gasteiger partial charge in [-0.2, -0.15) is 0 Å². The number of ketones is 1. The molecule has 1 aromatic carbocycles. The molecule has 3 atom stereocenters. The Labute approximate surface area is 151 Å². The second-order valence-electron chi connectivity index (χ2n) is 6.00. The van der Waals surface area contributed by atoms with Gasteiger partial charge >= 0.3 is 5.97 Å². The third-order valence-corrected chi connectivity index (χ3v) is 3.94. The summed E-state index contributed by atoms with van der Waals surface area (Å²) in [6.45, 7) is 1.65. The van der Waals surface area contributed by atoms with Crippen LogP contribution in [0, 0.1) is 0 Å². The molecule has 1 aliphatic heterocycles. The molecule has 0 amide bonds. The first-order valence-corrected chi connectivity index (χ1v) is 8.17. The van der Waals surface area contributed by atoms with E-state index in [0.29, 0.717) is 11.3 Å². The van der Waals surface area contributed by atoms with Gasteiger partial charge in [0.05, 0.1) is 7.11 Å². The summed E-state index contributed by atoms with van der Waals surface area (Å²) in [7, 11) is 1.42. The van der Waals surface area contributed by atoms with Crippen LogP contribution in [0.5, 0.6) is 11.5 Å². The van der Waals surface area contributed by atoms with Gasteiger partial charge in [0.25, 0.3) is 0 Å². The van der Waals surface area contributed by atoms with Crippen LogP contribution in [-0.2, 0) is 9.53 Å². The Morgan fingerprint density at radius 1 is 1.19 bits per heavy atom. The number of fused-ring (bicyclic) bond motifs is 1. The van der Waals surface area contributed by atoms with E-state index < -0.39 is 30.1 Å². The molecular weight excluding hydrogens is 340 g/mol. The van der Waals surface area contributed by atoms with Crippen molar-refractivity contribution in [2.24, 2.45) is 0 Å². The van der Waals surface area contributed by atoms with E-state index in [1.165, 1.54) is 43.5 Å². The van der Waals surface area contributed by atoms with Crippen LogP contribution < -0.4 is 4.74 Å². The predicted molar refractivity (Wildman–Crippen MR) is 94.0 cm³/mol. The Kier molecular flexibility index (Phi) is 6.54. The zero-order chi connectivity index (χ0) is 19.3. The minimum Gasteiger partial charge on any atom is -0.507 e. The first kappa shape index (κ1) is 19.7. The minimum absolute atomic E-state index is 0.0389. The van der Waals surface area contributed by atoms with E-state index in [9.17, 15) is 24.9 Å². The maximum Gasteiger partial charge on any atom is 0.342 e. The van der Waals surface area contributed by atoms with E-state index in [4.69, 9.17) is 9.47 Å². The lowest BCUT2D eigenvalue weighted by molar-refractivity contribution is -0.130. The number of aliphatic hydroxyl groups is 2. The topological polar surface area (TPSA) is 113 Å². The fourth-order valence-electron chi connectivity index (χ4n) is 2.51. The van der Waals surface area contributed by atoms with Gasteiger partial charge in [-0.05, 0) is 18.6 Å². The molecule has 0 fully saturated rings. The number of aromatic hydroxyl groups is 1. The molecule has 0 radical (unpaired) electrons. The van der Waals surface area contributed by atoms with Crippen LogP contribution in [0.1, 0.15) is 35.7 Å². The maximum atomic E-state index is 12.4. The van der Waals surface area contributed by atoms with Gasteiger partial charge in [-0.25, -0.2) is 4.79 Å². The highest BCUT2D eigenvalue weighted by Crippen LogP contribution is 2.30. The third kappa shape index (κ3) is 4.71. The standard InChI is InChI=1S/C19H22O7/c1-11-5-3-7-14(20)18(23)15(21)8-4-6-12-9-13(25-2)10-16(22)17(12)19(24)26-11/h3-4,6-7,9-11,14,18,20,22-23H,5,8H2,1-2H3/b6-4+,7-3-/t11-,14?,18+/m0/s1. The molecule has 1 unspecified atom stereocenters. The highest BCUT2D eigenvalue weighted by atomic mass is 16.5. The first-order chi connectivity index (χ1) is 12.3. The summed E-state index contributed by atoms with van der Waals surface area (Å²) in [6.07, 6.45) is 2.40. The Morgan fingerprint density at radius 3 is 2.62 bits per heavy atom. The molecular formula is C19H22O7. The lowest BCUT2D eigenvalue weighted by Gasteiger charge is -2.16. The van der Waals surface area contributed by atoms with Crippen molar-refractivity contribution >= 4 is 17.8 Å². The lowest BCUT2D eigenvalue weighted by Crippen LogP contribution is -2.32. The number of allylic oxidation sites excluding steroid dienone is 1. The zero-order valence-electron chi connectivity index (χ0n) is 14.6.